The number of aliphatic hydroxyl groups is 3. The third-order valence-electron chi connectivity index (χ3n) is 3.21. The van der Waals surface area contributed by atoms with E-state index >= 15 is 0 Å². The first-order valence-corrected chi connectivity index (χ1v) is 5.96. The van der Waals surface area contributed by atoms with Gasteiger partial charge in [0.05, 0.1) is 6.61 Å². The first kappa shape index (κ1) is 13.9. The normalized spacial score (nSPS) is 30.7. The molecule has 19 heavy (non-hydrogen) atoms. The standard InChI is InChI=1S/C11H16N2O6/c1-2-5-3-13(11(18)12-9(5)17)10-8(16)7(15)6(4-14)19-10/h3,6-8,10,14-16H,2,4H2,1H3,(H,12,17,18)/t6-,7?,8?,10-/m0/s1. The van der Waals surface area contributed by atoms with Crippen molar-refractivity contribution in [3.8, 4) is 0 Å². The van der Waals surface area contributed by atoms with E-state index in [1.165, 1.54) is 6.20 Å². The first-order chi connectivity index (χ1) is 8.99. The molecule has 1 aliphatic heterocycles. The maximum Gasteiger partial charge on any atom is 0.330 e. The lowest BCUT2D eigenvalue weighted by atomic mass is 10.1. The topological polar surface area (TPSA) is 125 Å². The molecule has 0 aromatic carbocycles. The Morgan fingerprint density at radius 1 is 1.37 bits per heavy atom. The summed E-state index contributed by atoms with van der Waals surface area (Å²) in [6, 6.07) is 0. The largest absolute Gasteiger partial charge is 0.394 e. The number of ether oxygens (including phenoxy) is 1. The lowest BCUT2D eigenvalue weighted by Gasteiger charge is -2.17. The van der Waals surface area contributed by atoms with Gasteiger partial charge in [0.2, 0.25) is 0 Å². The summed E-state index contributed by atoms with van der Waals surface area (Å²) in [4.78, 5) is 25.3. The zero-order chi connectivity index (χ0) is 14.2. The predicted molar refractivity (Wildman–Crippen MR) is 63.7 cm³/mol. The van der Waals surface area contributed by atoms with Gasteiger partial charge in [-0.25, -0.2) is 4.79 Å². The van der Waals surface area contributed by atoms with Crippen LogP contribution in [-0.4, -0.2) is 49.8 Å². The van der Waals surface area contributed by atoms with Crippen LogP contribution in [-0.2, 0) is 11.2 Å². The number of rotatable bonds is 3. The van der Waals surface area contributed by atoms with Crippen LogP contribution in [0.15, 0.2) is 15.8 Å². The van der Waals surface area contributed by atoms with Crippen LogP contribution in [0.5, 0.6) is 0 Å². The van der Waals surface area contributed by atoms with Crippen molar-refractivity contribution >= 4 is 0 Å². The predicted octanol–water partition coefficient (Wildman–Crippen LogP) is -2.29. The van der Waals surface area contributed by atoms with Crippen LogP contribution in [0.25, 0.3) is 0 Å². The molecule has 4 N–H and O–H groups in total. The molecule has 0 aliphatic carbocycles. The minimum atomic E-state index is -1.36. The highest BCUT2D eigenvalue weighted by Crippen LogP contribution is 2.27. The van der Waals surface area contributed by atoms with Gasteiger partial charge < -0.3 is 20.1 Å². The molecule has 1 aliphatic rings. The number of hydrogen-bond donors (Lipinski definition) is 4. The van der Waals surface area contributed by atoms with Crippen LogP contribution in [0.4, 0.5) is 0 Å². The van der Waals surface area contributed by atoms with Gasteiger partial charge in [0, 0.05) is 11.8 Å². The molecule has 8 heteroatoms. The summed E-state index contributed by atoms with van der Waals surface area (Å²) in [5.41, 5.74) is -0.870. The fraction of sp³-hybridized carbons (Fsp3) is 0.636. The van der Waals surface area contributed by atoms with Gasteiger partial charge in [-0.3, -0.25) is 14.3 Å². The maximum absolute atomic E-state index is 11.7. The van der Waals surface area contributed by atoms with E-state index in [0.29, 0.717) is 12.0 Å². The van der Waals surface area contributed by atoms with Crippen LogP contribution in [0.3, 0.4) is 0 Å². The Morgan fingerprint density at radius 3 is 2.58 bits per heavy atom. The van der Waals surface area contributed by atoms with Gasteiger partial charge in [0.1, 0.15) is 18.3 Å². The molecule has 0 saturated carbocycles. The molecule has 1 aromatic rings. The molecule has 0 amide bonds. The molecular formula is C11H16N2O6. The van der Waals surface area contributed by atoms with Crippen molar-refractivity contribution in [2.45, 2.75) is 37.9 Å². The van der Waals surface area contributed by atoms with E-state index in [1.807, 2.05) is 0 Å². The van der Waals surface area contributed by atoms with Gasteiger partial charge in [0.25, 0.3) is 5.56 Å². The van der Waals surface area contributed by atoms with Crippen LogP contribution >= 0.6 is 0 Å². The number of aliphatic hydroxyl groups excluding tert-OH is 3. The fourth-order valence-electron chi connectivity index (χ4n) is 2.08. The van der Waals surface area contributed by atoms with E-state index in [1.54, 1.807) is 6.92 Å². The number of nitrogens with one attached hydrogen (secondary N) is 1. The minimum absolute atomic E-state index is 0.359. The Morgan fingerprint density at radius 2 is 2.05 bits per heavy atom. The van der Waals surface area contributed by atoms with Crippen molar-refractivity contribution < 1.29 is 20.1 Å². The second kappa shape index (κ2) is 5.25. The van der Waals surface area contributed by atoms with Crippen LogP contribution < -0.4 is 11.2 Å². The summed E-state index contributed by atoms with van der Waals surface area (Å²) < 4.78 is 6.25. The van der Waals surface area contributed by atoms with Crippen molar-refractivity contribution in [2.24, 2.45) is 0 Å². The van der Waals surface area contributed by atoms with Crippen molar-refractivity contribution in [3.63, 3.8) is 0 Å². The lowest BCUT2D eigenvalue weighted by molar-refractivity contribution is -0.0551. The van der Waals surface area contributed by atoms with E-state index in [-0.39, 0.29) is 0 Å². The number of aromatic amines is 1. The highest BCUT2D eigenvalue weighted by molar-refractivity contribution is 5.05. The summed E-state index contributed by atoms with van der Waals surface area (Å²) in [6.07, 6.45) is -3.05. The average Bonchev–Trinajstić information content (AvgIpc) is 2.67. The van der Waals surface area contributed by atoms with Gasteiger partial charge in [-0.2, -0.15) is 0 Å². The zero-order valence-electron chi connectivity index (χ0n) is 10.3. The van der Waals surface area contributed by atoms with Gasteiger partial charge in [-0.05, 0) is 6.42 Å². The van der Waals surface area contributed by atoms with Gasteiger partial charge in [0.15, 0.2) is 6.23 Å². The van der Waals surface area contributed by atoms with E-state index in [4.69, 9.17) is 9.84 Å². The van der Waals surface area contributed by atoms with Crippen LogP contribution in [0.2, 0.25) is 0 Å². The quantitative estimate of drug-likeness (QED) is 0.491. The zero-order valence-corrected chi connectivity index (χ0v) is 10.3. The highest BCUT2D eigenvalue weighted by Gasteiger charge is 2.43. The molecule has 1 fully saturated rings. The molecule has 4 atom stereocenters. The molecule has 1 aromatic heterocycles. The number of aryl methyl sites for hydroxylation is 1. The molecule has 2 heterocycles. The number of H-pyrrole nitrogens is 1. The first-order valence-electron chi connectivity index (χ1n) is 5.96. The Balaban J connectivity index is 2.43. The fourth-order valence-corrected chi connectivity index (χ4v) is 2.08. The summed E-state index contributed by atoms with van der Waals surface area (Å²) in [7, 11) is 0. The van der Waals surface area contributed by atoms with Gasteiger partial charge in [-0.1, -0.05) is 6.92 Å². The third kappa shape index (κ3) is 2.35. The Hall–Kier alpha value is -1.48. The van der Waals surface area contributed by atoms with Gasteiger partial charge in [-0.15, -0.1) is 0 Å². The lowest BCUT2D eigenvalue weighted by Crippen LogP contribution is -2.38. The van der Waals surface area contributed by atoms with Crippen LogP contribution in [0, 0.1) is 0 Å². The van der Waals surface area contributed by atoms with E-state index < -0.39 is 42.4 Å². The van der Waals surface area contributed by atoms with Crippen molar-refractivity contribution in [3.05, 3.63) is 32.6 Å². The van der Waals surface area contributed by atoms with E-state index in [9.17, 15) is 19.8 Å². The summed E-state index contributed by atoms with van der Waals surface area (Å²) in [6.45, 7) is 1.27. The SMILES string of the molecule is CCc1cn([C@H]2O[C@@H](CO)C(O)C2O)c(=O)[nH]c1=O. The van der Waals surface area contributed by atoms with E-state index in [0.717, 1.165) is 4.57 Å². The highest BCUT2D eigenvalue weighted by atomic mass is 16.6. The molecule has 8 nitrogen and oxygen atoms in total. The van der Waals surface area contributed by atoms with Crippen molar-refractivity contribution in [1.82, 2.24) is 9.55 Å². The number of hydrogen-bond acceptors (Lipinski definition) is 6. The smallest absolute Gasteiger partial charge is 0.330 e. The Labute approximate surface area is 107 Å². The third-order valence-corrected chi connectivity index (χ3v) is 3.21. The molecular weight excluding hydrogens is 256 g/mol. The summed E-state index contributed by atoms with van der Waals surface area (Å²) >= 11 is 0. The molecule has 0 radical (unpaired) electrons. The monoisotopic (exact) mass is 272 g/mol. The van der Waals surface area contributed by atoms with E-state index in [2.05, 4.69) is 4.98 Å². The number of aromatic nitrogens is 2. The Bertz CT molecular complexity index is 565. The Kier molecular flexibility index (Phi) is 3.85. The van der Waals surface area contributed by atoms with Crippen LogP contribution in [0.1, 0.15) is 18.7 Å². The van der Waals surface area contributed by atoms with Crippen molar-refractivity contribution in [1.29, 1.82) is 0 Å². The molecule has 1 saturated heterocycles. The average molecular weight is 272 g/mol. The summed E-state index contributed by atoms with van der Waals surface area (Å²) in [5, 5.41) is 28.5. The number of nitrogens with zero attached hydrogens (tertiary/aromatic N) is 1. The molecule has 0 spiro atoms. The maximum atomic E-state index is 11.7. The second-order valence-electron chi connectivity index (χ2n) is 4.40. The minimum Gasteiger partial charge on any atom is -0.394 e. The second-order valence-corrected chi connectivity index (χ2v) is 4.40. The van der Waals surface area contributed by atoms with Gasteiger partial charge >= 0.3 is 5.69 Å². The molecule has 0 bridgehead atoms. The molecule has 106 valence electrons. The van der Waals surface area contributed by atoms with Crippen molar-refractivity contribution in [2.75, 3.05) is 6.61 Å². The molecule has 2 rings (SSSR count). The molecule has 2 unspecified atom stereocenters. The summed E-state index contributed by atoms with van der Waals surface area (Å²) in [5.74, 6) is 0.